The summed E-state index contributed by atoms with van der Waals surface area (Å²) in [5.41, 5.74) is 2.36. The van der Waals surface area contributed by atoms with Gasteiger partial charge in [-0.15, -0.1) is 0 Å². The molecule has 0 fully saturated rings. The molecule has 0 aliphatic rings. The van der Waals surface area contributed by atoms with Gasteiger partial charge in [0.25, 0.3) is 0 Å². The number of aromatic nitrogens is 1. The standard InChI is InChI=1S/C15H15NO3S/c1-3-20-13-8-12(18)14-15(19-13)11(9(2)17)7-10-5-4-6-16(10)14/h4-9,17H,3H2,1-2H3. The molecule has 1 N–H and O–H groups in total. The van der Waals surface area contributed by atoms with E-state index in [9.17, 15) is 9.90 Å². The molecule has 0 saturated carbocycles. The number of aliphatic hydroxyl groups excluding tert-OH is 1. The SMILES string of the molecule is CCSc1cc(=O)c2c(o1)c(C(C)O)cc1cccn12. The molecule has 20 heavy (non-hydrogen) atoms. The van der Waals surface area contributed by atoms with E-state index < -0.39 is 6.10 Å². The Bertz CT molecular complexity index is 832. The van der Waals surface area contributed by atoms with Gasteiger partial charge in [0, 0.05) is 23.3 Å². The van der Waals surface area contributed by atoms with Crippen LogP contribution in [0.15, 0.2) is 44.8 Å². The maximum Gasteiger partial charge on any atom is 0.210 e. The van der Waals surface area contributed by atoms with Crippen LogP contribution in [0.5, 0.6) is 0 Å². The van der Waals surface area contributed by atoms with Crippen LogP contribution >= 0.6 is 11.8 Å². The van der Waals surface area contributed by atoms with E-state index in [2.05, 4.69) is 0 Å². The van der Waals surface area contributed by atoms with Crippen molar-refractivity contribution in [3.8, 4) is 0 Å². The fourth-order valence-corrected chi connectivity index (χ4v) is 2.97. The minimum absolute atomic E-state index is 0.0918. The summed E-state index contributed by atoms with van der Waals surface area (Å²) in [4.78, 5) is 12.4. The normalized spacial score (nSPS) is 13.2. The number of rotatable bonds is 3. The highest BCUT2D eigenvalue weighted by Crippen LogP contribution is 2.28. The third-order valence-corrected chi connectivity index (χ3v) is 4.00. The lowest BCUT2D eigenvalue weighted by Gasteiger charge is -2.11. The minimum atomic E-state index is -0.692. The Hall–Kier alpha value is -1.72. The minimum Gasteiger partial charge on any atom is -0.448 e. The van der Waals surface area contributed by atoms with E-state index in [-0.39, 0.29) is 5.43 Å². The molecule has 0 aliphatic heterocycles. The first-order valence-electron chi connectivity index (χ1n) is 6.50. The van der Waals surface area contributed by atoms with Crippen molar-refractivity contribution < 1.29 is 9.52 Å². The Morgan fingerprint density at radius 2 is 2.25 bits per heavy atom. The predicted molar refractivity (Wildman–Crippen MR) is 80.5 cm³/mol. The molecular weight excluding hydrogens is 274 g/mol. The number of hydrogen-bond donors (Lipinski definition) is 1. The van der Waals surface area contributed by atoms with Crippen molar-refractivity contribution in [3.63, 3.8) is 0 Å². The maximum absolute atomic E-state index is 12.4. The highest BCUT2D eigenvalue weighted by molar-refractivity contribution is 7.99. The van der Waals surface area contributed by atoms with Gasteiger partial charge in [-0.1, -0.05) is 18.7 Å². The van der Waals surface area contributed by atoms with E-state index in [0.717, 1.165) is 11.3 Å². The van der Waals surface area contributed by atoms with Gasteiger partial charge in [0.05, 0.1) is 6.10 Å². The molecule has 5 heteroatoms. The number of fused-ring (bicyclic) bond motifs is 3. The number of pyridine rings is 1. The van der Waals surface area contributed by atoms with Crippen LogP contribution in [0, 0.1) is 0 Å². The van der Waals surface area contributed by atoms with Crippen LogP contribution in [0.1, 0.15) is 25.5 Å². The van der Waals surface area contributed by atoms with E-state index in [1.165, 1.54) is 17.8 Å². The van der Waals surface area contributed by atoms with Crippen LogP contribution in [0.25, 0.3) is 16.6 Å². The molecule has 0 radical (unpaired) electrons. The van der Waals surface area contributed by atoms with Crippen molar-refractivity contribution >= 4 is 28.4 Å². The fourth-order valence-electron chi connectivity index (χ4n) is 2.35. The summed E-state index contributed by atoms with van der Waals surface area (Å²) in [5, 5.41) is 10.5. The van der Waals surface area contributed by atoms with Crippen LogP contribution < -0.4 is 5.43 Å². The van der Waals surface area contributed by atoms with Crippen molar-refractivity contribution in [2.45, 2.75) is 25.0 Å². The Morgan fingerprint density at radius 3 is 2.95 bits per heavy atom. The second-order valence-corrected chi connectivity index (χ2v) is 5.89. The van der Waals surface area contributed by atoms with Gasteiger partial charge in [-0.05, 0) is 30.9 Å². The Balaban J connectivity index is 2.47. The van der Waals surface area contributed by atoms with Crippen molar-refractivity contribution in [1.29, 1.82) is 0 Å². The van der Waals surface area contributed by atoms with E-state index in [1.54, 1.807) is 11.3 Å². The summed E-state index contributed by atoms with van der Waals surface area (Å²) < 4.78 is 7.63. The van der Waals surface area contributed by atoms with E-state index >= 15 is 0 Å². The summed E-state index contributed by atoms with van der Waals surface area (Å²) in [5.74, 6) is 0.824. The summed E-state index contributed by atoms with van der Waals surface area (Å²) in [6, 6.07) is 7.15. The quantitative estimate of drug-likeness (QED) is 0.752. The van der Waals surface area contributed by atoms with Crippen molar-refractivity contribution in [2.24, 2.45) is 0 Å². The molecule has 0 spiro atoms. The molecule has 0 bridgehead atoms. The molecule has 3 rings (SSSR count). The summed E-state index contributed by atoms with van der Waals surface area (Å²) in [6.45, 7) is 3.67. The maximum atomic E-state index is 12.4. The lowest BCUT2D eigenvalue weighted by Crippen LogP contribution is -2.08. The van der Waals surface area contributed by atoms with Crippen molar-refractivity contribution in [1.82, 2.24) is 4.40 Å². The molecular formula is C15H15NO3S. The van der Waals surface area contributed by atoms with Gasteiger partial charge in [-0.25, -0.2) is 0 Å². The third-order valence-electron chi connectivity index (χ3n) is 3.22. The first-order chi connectivity index (χ1) is 9.61. The predicted octanol–water partition coefficient (Wildman–Crippen LogP) is 3.21. The molecule has 0 saturated heterocycles. The fraction of sp³-hybridized carbons (Fsp3) is 0.267. The molecule has 1 unspecified atom stereocenters. The van der Waals surface area contributed by atoms with E-state index in [0.29, 0.717) is 21.8 Å². The smallest absolute Gasteiger partial charge is 0.210 e. The summed E-state index contributed by atoms with van der Waals surface area (Å²) in [7, 11) is 0. The van der Waals surface area contributed by atoms with Gasteiger partial charge in [-0.2, -0.15) is 0 Å². The molecule has 0 amide bonds. The van der Waals surface area contributed by atoms with Gasteiger partial charge < -0.3 is 13.9 Å². The molecule has 104 valence electrons. The molecule has 1 atom stereocenters. The molecule has 3 heterocycles. The molecule has 4 nitrogen and oxygen atoms in total. The van der Waals surface area contributed by atoms with Gasteiger partial charge in [0.1, 0.15) is 5.52 Å². The first-order valence-corrected chi connectivity index (χ1v) is 7.49. The monoisotopic (exact) mass is 289 g/mol. The first kappa shape index (κ1) is 13.3. The van der Waals surface area contributed by atoms with Crippen LogP contribution in [0.3, 0.4) is 0 Å². The van der Waals surface area contributed by atoms with Crippen LogP contribution in [-0.2, 0) is 0 Å². The van der Waals surface area contributed by atoms with E-state index in [1.807, 2.05) is 31.3 Å². The van der Waals surface area contributed by atoms with Crippen LogP contribution in [-0.4, -0.2) is 15.3 Å². The summed E-state index contributed by atoms with van der Waals surface area (Å²) in [6.07, 6.45) is 1.13. The van der Waals surface area contributed by atoms with Crippen LogP contribution in [0.2, 0.25) is 0 Å². The zero-order valence-corrected chi connectivity index (χ0v) is 12.1. The van der Waals surface area contributed by atoms with Gasteiger partial charge >= 0.3 is 0 Å². The highest BCUT2D eigenvalue weighted by Gasteiger charge is 2.16. The second kappa shape index (κ2) is 5.00. The molecule has 0 aliphatic carbocycles. The topological polar surface area (TPSA) is 54.8 Å². The van der Waals surface area contributed by atoms with Gasteiger partial charge in [0.2, 0.25) is 5.43 Å². The number of thioether (sulfide) groups is 1. The number of hydrogen-bond acceptors (Lipinski definition) is 4. The van der Waals surface area contributed by atoms with Gasteiger partial charge in [0.15, 0.2) is 10.7 Å². The largest absolute Gasteiger partial charge is 0.448 e. The molecule has 0 aromatic carbocycles. The average Bonchev–Trinajstić information content (AvgIpc) is 2.85. The van der Waals surface area contributed by atoms with Gasteiger partial charge in [-0.3, -0.25) is 4.79 Å². The zero-order valence-electron chi connectivity index (χ0n) is 11.3. The Labute approximate surface area is 120 Å². The number of nitrogens with zero attached hydrogens (tertiary/aromatic N) is 1. The average molecular weight is 289 g/mol. The van der Waals surface area contributed by atoms with Crippen molar-refractivity contribution in [2.75, 3.05) is 5.75 Å². The van der Waals surface area contributed by atoms with Crippen LogP contribution in [0.4, 0.5) is 0 Å². The summed E-state index contributed by atoms with van der Waals surface area (Å²) >= 11 is 1.47. The lowest BCUT2D eigenvalue weighted by atomic mass is 10.1. The molecule has 3 aromatic heterocycles. The van der Waals surface area contributed by atoms with Crippen molar-refractivity contribution in [3.05, 3.63) is 46.2 Å². The third kappa shape index (κ3) is 2.03. The molecule has 3 aromatic rings. The Morgan fingerprint density at radius 1 is 1.45 bits per heavy atom. The Kier molecular flexibility index (Phi) is 3.31. The van der Waals surface area contributed by atoms with E-state index in [4.69, 9.17) is 4.42 Å². The zero-order chi connectivity index (χ0) is 14.3. The highest BCUT2D eigenvalue weighted by atomic mass is 32.2. The number of aliphatic hydroxyl groups is 1. The lowest BCUT2D eigenvalue weighted by molar-refractivity contribution is 0.199. The second-order valence-electron chi connectivity index (χ2n) is 4.62.